The number of hydrogen-bond donors (Lipinski definition) is 0. The minimum Gasteiger partial charge on any atom is -0.454 e. The third-order valence-electron chi connectivity index (χ3n) is 5.50. The predicted molar refractivity (Wildman–Crippen MR) is 122 cm³/mol. The Bertz CT molecular complexity index is 1510. The fraction of sp³-hybridized carbons (Fsp3) is 0.0741. The summed E-state index contributed by atoms with van der Waals surface area (Å²) in [7, 11) is 0. The Morgan fingerprint density at radius 1 is 0.800 bits per heavy atom. The number of alkyl halides is 3. The maximum absolute atomic E-state index is 14.1. The van der Waals surface area contributed by atoms with Crippen LogP contribution in [0.2, 0.25) is 0 Å². The molecule has 0 saturated heterocycles. The summed E-state index contributed by atoms with van der Waals surface area (Å²) in [5.41, 5.74) is 0.798. The standard InChI is InChI=1S/C27H17F5N2O/c28-22-13-6-14-23(24(22)29)35-19-10-4-9-18(15-19)26-20-11-5-12-21(27(30,31)32)25(20)33-34(26)16-17-7-2-1-3-8-17/h1-15H,16H2. The first-order valence-corrected chi connectivity index (χ1v) is 10.6. The van der Waals surface area contributed by atoms with E-state index >= 15 is 0 Å². The van der Waals surface area contributed by atoms with Gasteiger partial charge < -0.3 is 4.74 Å². The summed E-state index contributed by atoms with van der Waals surface area (Å²) in [6, 6.07) is 23.2. The molecule has 0 fully saturated rings. The second-order valence-corrected chi connectivity index (χ2v) is 7.87. The number of nitrogens with zero attached hydrogens (tertiary/aromatic N) is 2. The molecular weight excluding hydrogens is 463 g/mol. The third-order valence-corrected chi connectivity index (χ3v) is 5.50. The van der Waals surface area contributed by atoms with Crippen molar-refractivity contribution in [2.75, 3.05) is 0 Å². The van der Waals surface area contributed by atoms with Crippen LogP contribution in [0.25, 0.3) is 22.2 Å². The molecule has 0 amide bonds. The molecule has 5 aromatic rings. The zero-order chi connectivity index (χ0) is 24.6. The molecule has 4 aromatic carbocycles. The van der Waals surface area contributed by atoms with Gasteiger partial charge in [0.05, 0.1) is 17.8 Å². The highest BCUT2D eigenvalue weighted by atomic mass is 19.4. The van der Waals surface area contributed by atoms with Crippen LogP contribution in [0.3, 0.4) is 0 Å². The Kier molecular flexibility index (Phi) is 5.72. The van der Waals surface area contributed by atoms with Crippen molar-refractivity contribution < 1.29 is 26.7 Å². The Morgan fingerprint density at radius 3 is 2.31 bits per heavy atom. The van der Waals surface area contributed by atoms with Gasteiger partial charge in [-0.05, 0) is 35.9 Å². The van der Waals surface area contributed by atoms with E-state index in [1.165, 1.54) is 22.9 Å². The van der Waals surface area contributed by atoms with E-state index in [4.69, 9.17) is 4.74 Å². The molecule has 35 heavy (non-hydrogen) atoms. The van der Waals surface area contributed by atoms with E-state index in [1.807, 2.05) is 30.3 Å². The van der Waals surface area contributed by atoms with E-state index in [0.29, 0.717) is 16.6 Å². The van der Waals surface area contributed by atoms with Crippen molar-refractivity contribution in [1.82, 2.24) is 9.78 Å². The topological polar surface area (TPSA) is 27.1 Å². The molecule has 3 nitrogen and oxygen atoms in total. The summed E-state index contributed by atoms with van der Waals surface area (Å²) in [6.45, 7) is 0.228. The highest BCUT2D eigenvalue weighted by Crippen LogP contribution is 2.39. The van der Waals surface area contributed by atoms with Crippen molar-refractivity contribution >= 4 is 10.9 Å². The number of fused-ring (bicyclic) bond motifs is 1. The van der Waals surface area contributed by atoms with Crippen molar-refractivity contribution in [2.24, 2.45) is 0 Å². The zero-order valence-corrected chi connectivity index (χ0v) is 18.1. The van der Waals surface area contributed by atoms with Gasteiger partial charge in [0, 0.05) is 10.9 Å². The molecule has 8 heteroatoms. The molecule has 0 N–H and O–H groups in total. The minimum absolute atomic E-state index is 0.173. The molecule has 1 heterocycles. The molecule has 5 rings (SSSR count). The smallest absolute Gasteiger partial charge is 0.418 e. The van der Waals surface area contributed by atoms with Gasteiger partial charge in [0.1, 0.15) is 11.3 Å². The van der Waals surface area contributed by atoms with Crippen LogP contribution in [0, 0.1) is 11.6 Å². The van der Waals surface area contributed by atoms with Gasteiger partial charge >= 0.3 is 6.18 Å². The summed E-state index contributed by atoms with van der Waals surface area (Å²) in [6.07, 6.45) is -4.58. The summed E-state index contributed by atoms with van der Waals surface area (Å²) < 4.78 is 76.0. The maximum Gasteiger partial charge on any atom is 0.418 e. The molecular formula is C27H17F5N2O. The largest absolute Gasteiger partial charge is 0.454 e. The summed E-state index contributed by atoms with van der Waals surface area (Å²) in [5, 5.41) is 4.65. The fourth-order valence-corrected chi connectivity index (χ4v) is 3.95. The van der Waals surface area contributed by atoms with Crippen LogP contribution in [0.4, 0.5) is 22.0 Å². The normalized spacial score (nSPS) is 11.7. The summed E-state index contributed by atoms with van der Waals surface area (Å²) in [5.74, 6) is -2.29. The molecule has 0 spiro atoms. The van der Waals surface area contributed by atoms with Crippen LogP contribution in [-0.4, -0.2) is 9.78 Å². The Hall–Kier alpha value is -4.20. The predicted octanol–water partition coefficient (Wildman–Crippen LogP) is 7.84. The van der Waals surface area contributed by atoms with E-state index in [9.17, 15) is 22.0 Å². The van der Waals surface area contributed by atoms with Gasteiger partial charge in [-0.15, -0.1) is 0 Å². The lowest BCUT2D eigenvalue weighted by molar-refractivity contribution is -0.136. The number of rotatable bonds is 5. The molecule has 0 atom stereocenters. The molecule has 0 aliphatic heterocycles. The van der Waals surface area contributed by atoms with Gasteiger partial charge in [0.15, 0.2) is 11.6 Å². The SMILES string of the molecule is Fc1cccc(Oc2cccc(-c3c4cccc(C(F)(F)F)c4nn3Cc3ccccc3)c2)c1F. The van der Waals surface area contributed by atoms with Gasteiger partial charge in [-0.2, -0.15) is 22.7 Å². The van der Waals surface area contributed by atoms with Gasteiger partial charge in [0.2, 0.25) is 5.82 Å². The molecule has 0 bridgehead atoms. The molecule has 0 radical (unpaired) electrons. The van der Waals surface area contributed by atoms with Crippen LogP contribution in [0.1, 0.15) is 11.1 Å². The molecule has 176 valence electrons. The van der Waals surface area contributed by atoms with E-state index in [-0.39, 0.29) is 23.6 Å². The molecule has 0 saturated carbocycles. The van der Waals surface area contributed by atoms with Gasteiger partial charge in [-0.3, -0.25) is 4.68 Å². The first-order valence-electron chi connectivity index (χ1n) is 10.6. The Labute approximate surface area is 197 Å². The Balaban J connectivity index is 1.65. The second kappa shape index (κ2) is 8.87. The van der Waals surface area contributed by atoms with Crippen LogP contribution < -0.4 is 4.74 Å². The lowest BCUT2D eigenvalue weighted by Gasteiger charge is -2.11. The number of halogens is 5. The van der Waals surface area contributed by atoms with E-state index in [2.05, 4.69) is 5.10 Å². The molecule has 0 aliphatic carbocycles. The minimum atomic E-state index is -4.58. The maximum atomic E-state index is 14.1. The first-order chi connectivity index (χ1) is 16.8. The number of ether oxygens (including phenoxy) is 1. The number of hydrogen-bond acceptors (Lipinski definition) is 2. The monoisotopic (exact) mass is 480 g/mol. The average Bonchev–Trinajstić information content (AvgIpc) is 3.20. The van der Waals surface area contributed by atoms with Crippen molar-refractivity contribution in [3.05, 3.63) is 114 Å². The van der Waals surface area contributed by atoms with E-state index < -0.39 is 23.4 Å². The number of benzene rings is 4. The lowest BCUT2D eigenvalue weighted by Crippen LogP contribution is -2.06. The molecule has 1 aromatic heterocycles. The molecule has 0 aliphatic rings. The van der Waals surface area contributed by atoms with Gasteiger partial charge in [-0.1, -0.05) is 60.7 Å². The highest BCUT2D eigenvalue weighted by molar-refractivity contribution is 5.95. The van der Waals surface area contributed by atoms with Crippen molar-refractivity contribution in [2.45, 2.75) is 12.7 Å². The van der Waals surface area contributed by atoms with Crippen molar-refractivity contribution in [3.8, 4) is 22.8 Å². The molecule has 0 unspecified atom stereocenters. The Morgan fingerprint density at radius 2 is 1.54 bits per heavy atom. The van der Waals surface area contributed by atoms with Crippen LogP contribution in [0.15, 0.2) is 91.0 Å². The van der Waals surface area contributed by atoms with Gasteiger partial charge in [0.25, 0.3) is 0 Å². The fourth-order valence-electron chi connectivity index (χ4n) is 3.95. The summed E-state index contributed by atoms with van der Waals surface area (Å²) in [4.78, 5) is 0. The average molecular weight is 480 g/mol. The summed E-state index contributed by atoms with van der Waals surface area (Å²) >= 11 is 0. The first kappa shape index (κ1) is 22.6. The number of aromatic nitrogens is 2. The second-order valence-electron chi connectivity index (χ2n) is 7.87. The van der Waals surface area contributed by atoms with Crippen LogP contribution >= 0.6 is 0 Å². The van der Waals surface area contributed by atoms with Crippen LogP contribution in [0.5, 0.6) is 11.5 Å². The zero-order valence-electron chi connectivity index (χ0n) is 18.1. The highest BCUT2D eigenvalue weighted by Gasteiger charge is 2.34. The van der Waals surface area contributed by atoms with Gasteiger partial charge in [-0.25, -0.2) is 4.39 Å². The lowest BCUT2D eigenvalue weighted by atomic mass is 10.0. The third kappa shape index (κ3) is 4.47. The quantitative estimate of drug-likeness (QED) is 0.240. The van der Waals surface area contributed by atoms with Crippen molar-refractivity contribution in [3.63, 3.8) is 0 Å². The van der Waals surface area contributed by atoms with E-state index in [0.717, 1.165) is 17.7 Å². The van der Waals surface area contributed by atoms with E-state index in [1.54, 1.807) is 30.3 Å². The van der Waals surface area contributed by atoms with Crippen LogP contribution in [-0.2, 0) is 12.7 Å². The van der Waals surface area contributed by atoms with Crippen molar-refractivity contribution in [1.29, 1.82) is 0 Å².